The Bertz CT molecular complexity index is 579. The Balaban J connectivity index is 2.01. The lowest BCUT2D eigenvalue weighted by Gasteiger charge is -2.24. The van der Waals surface area contributed by atoms with Crippen molar-refractivity contribution in [3.63, 3.8) is 0 Å². The summed E-state index contributed by atoms with van der Waals surface area (Å²) in [5, 5.41) is 0. The zero-order chi connectivity index (χ0) is 13.2. The molecule has 2 aromatic heterocycles. The molecule has 0 radical (unpaired) electrons. The SMILES string of the molecule is Nc1ncc(F)c(-c2cncn2C2CCOCC2)n1. The lowest BCUT2D eigenvalue weighted by molar-refractivity contribution is 0.0699. The Morgan fingerprint density at radius 3 is 2.89 bits per heavy atom. The van der Waals surface area contributed by atoms with Gasteiger partial charge in [0.25, 0.3) is 0 Å². The average Bonchev–Trinajstić information content (AvgIpc) is 2.91. The van der Waals surface area contributed by atoms with Crippen molar-refractivity contribution in [1.82, 2.24) is 19.5 Å². The quantitative estimate of drug-likeness (QED) is 0.886. The van der Waals surface area contributed by atoms with Crippen LogP contribution < -0.4 is 5.73 Å². The highest BCUT2D eigenvalue weighted by molar-refractivity contribution is 5.55. The fourth-order valence-corrected chi connectivity index (χ4v) is 2.30. The second-order valence-electron chi connectivity index (χ2n) is 4.45. The molecular formula is C12H14FN5O. The first-order valence-corrected chi connectivity index (χ1v) is 6.13. The van der Waals surface area contributed by atoms with Crippen LogP contribution in [0.25, 0.3) is 11.4 Å². The molecule has 0 aromatic carbocycles. The van der Waals surface area contributed by atoms with Crippen LogP contribution in [0.15, 0.2) is 18.7 Å². The van der Waals surface area contributed by atoms with Crippen molar-refractivity contribution < 1.29 is 9.13 Å². The van der Waals surface area contributed by atoms with E-state index >= 15 is 0 Å². The summed E-state index contributed by atoms with van der Waals surface area (Å²) >= 11 is 0. The minimum Gasteiger partial charge on any atom is -0.381 e. The standard InChI is InChI=1S/C12H14FN5O/c13-9-5-16-12(14)17-11(9)10-6-15-7-18(10)8-1-3-19-4-2-8/h5-8H,1-4H2,(H2,14,16,17). The van der Waals surface area contributed by atoms with Gasteiger partial charge in [-0.3, -0.25) is 0 Å². The molecular weight excluding hydrogens is 249 g/mol. The second-order valence-corrected chi connectivity index (χ2v) is 4.45. The molecule has 0 aliphatic carbocycles. The number of aromatic nitrogens is 4. The third-order valence-corrected chi connectivity index (χ3v) is 3.26. The molecule has 2 N–H and O–H groups in total. The van der Waals surface area contributed by atoms with Gasteiger partial charge in [0, 0.05) is 19.3 Å². The fraction of sp³-hybridized carbons (Fsp3) is 0.417. The first-order valence-electron chi connectivity index (χ1n) is 6.13. The van der Waals surface area contributed by atoms with Crippen molar-refractivity contribution in [3.8, 4) is 11.4 Å². The van der Waals surface area contributed by atoms with E-state index in [2.05, 4.69) is 15.0 Å². The van der Waals surface area contributed by atoms with E-state index in [0.29, 0.717) is 18.9 Å². The molecule has 3 heterocycles. The normalized spacial score (nSPS) is 16.7. The highest BCUT2D eigenvalue weighted by Crippen LogP contribution is 2.28. The summed E-state index contributed by atoms with van der Waals surface area (Å²) in [5.41, 5.74) is 6.34. The van der Waals surface area contributed by atoms with E-state index in [1.54, 1.807) is 12.5 Å². The summed E-state index contributed by atoms with van der Waals surface area (Å²) in [4.78, 5) is 11.7. The maximum atomic E-state index is 13.8. The minimum atomic E-state index is -0.497. The van der Waals surface area contributed by atoms with E-state index in [1.807, 2.05) is 4.57 Å². The van der Waals surface area contributed by atoms with Gasteiger partial charge in [-0.1, -0.05) is 0 Å². The van der Waals surface area contributed by atoms with Crippen molar-refractivity contribution in [2.24, 2.45) is 0 Å². The van der Waals surface area contributed by atoms with Crippen LogP contribution in [0.4, 0.5) is 10.3 Å². The van der Waals surface area contributed by atoms with Gasteiger partial charge in [-0.15, -0.1) is 0 Å². The summed E-state index contributed by atoms with van der Waals surface area (Å²) < 4.78 is 21.1. The summed E-state index contributed by atoms with van der Waals surface area (Å²) in [6.07, 6.45) is 6.14. The van der Waals surface area contributed by atoms with Crippen molar-refractivity contribution in [1.29, 1.82) is 0 Å². The first-order chi connectivity index (χ1) is 9.25. The molecule has 0 spiro atoms. The van der Waals surface area contributed by atoms with Gasteiger partial charge in [0.15, 0.2) is 5.82 Å². The third kappa shape index (κ3) is 2.28. The number of halogens is 1. The zero-order valence-electron chi connectivity index (χ0n) is 10.3. The molecule has 1 saturated heterocycles. The van der Waals surface area contributed by atoms with Gasteiger partial charge in [-0.25, -0.2) is 19.3 Å². The topological polar surface area (TPSA) is 78.8 Å². The minimum absolute atomic E-state index is 0.0520. The monoisotopic (exact) mass is 263 g/mol. The number of hydrogen-bond acceptors (Lipinski definition) is 5. The molecule has 1 aliphatic rings. The lowest BCUT2D eigenvalue weighted by atomic mass is 10.1. The lowest BCUT2D eigenvalue weighted by Crippen LogP contribution is -2.20. The molecule has 0 unspecified atom stereocenters. The first kappa shape index (κ1) is 12.0. The molecule has 0 atom stereocenters. The van der Waals surface area contributed by atoms with E-state index in [1.165, 1.54) is 0 Å². The predicted molar refractivity (Wildman–Crippen MR) is 66.7 cm³/mol. The van der Waals surface area contributed by atoms with E-state index in [9.17, 15) is 4.39 Å². The van der Waals surface area contributed by atoms with E-state index in [4.69, 9.17) is 10.5 Å². The number of anilines is 1. The number of imidazole rings is 1. The largest absolute Gasteiger partial charge is 0.381 e. The van der Waals surface area contributed by atoms with Crippen molar-refractivity contribution in [2.75, 3.05) is 18.9 Å². The van der Waals surface area contributed by atoms with E-state index in [-0.39, 0.29) is 17.7 Å². The molecule has 1 fully saturated rings. The fourth-order valence-electron chi connectivity index (χ4n) is 2.30. The highest BCUT2D eigenvalue weighted by Gasteiger charge is 2.21. The molecule has 3 rings (SSSR count). The number of ether oxygens (including phenoxy) is 1. The van der Waals surface area contributed by atoms with Crippen LogP contribution in [0.5, 0.6) is 0 Å². The van der Waals surface area contributed by atoms with E-state index in [0.717, 1.165) is 19.0 Å². The van der Waals surface area contributed by atoms with Gasteiger partial charge in [0.05, 0.1) is 24.4 Å². The zero-order valence-corrected chi connectivity index (χ0v) is 10.3. The van der Waals surface area contributed by atoms with Gasteiger partial charge in [-0.05, 0) is 12.8 Å². The molecule has 0 amide bonds. The van der Waals surface area contributed by atoms with Gasteiger partial charge in [0.1, 0.15) is 5.69 Å². The highest BCUT2D eigenvalue weighted by atomic mass is 19.1. The summed E-state index contributed by atoms with van der Waals surface area (Å²) in [5.74, 6) is -0.445. The smallest absolute Gasteiger partial charge is 0.220 e. The Kier molecular flexibility index (Phi) is 3.12. The number of nitrogen functional groups attached to an aromatic ring is 1. The summed E-state index contributed by atoms with van der Waals surface area (Å²) in [6, 6.07) is 0.252. The van der Waals surface area contributed by atoms with E-state index < -0.39 is 5.82 Å². The van der Waals surface area contributed by atoms with Crippen LogP contribution >= 0.6 is 0 Å². The predicted octanol–water partition coefficient (Wildman–Crippen LogP) is 1.41. The van der Waals surface area contributed by atoms with Crippen LogP contribution in [0.2, 0.25) is 0 Å². The van der Waals surface area contributed by atoms with Crippen molar-refractivity contribution in [3.05, 3.63) is 24.5 Å². The van der Waals surface area contributed by atoms with Crippen molar-refractivity contribution >= 4 is 5.95 Å². The third-order valence-electron chi connectivity index (χ3n) is 3.26. The van der Waals surface area contributed by atoms with Gasteiger partial charge >= 0.3 is 0 Å². The molecule has 1 aliphatic heterocycles. The van der Waals surface area contributed by atoms with Crippen LogP contribution in [0, 0.1) is 5.82 Å². The maximum absolute atomic E-state index is 13.8. The molecule has 0 bridgehead atoms. The van der Waals surface area contributed by atoms with Crippen molar-refractivity contribution in [2.45, 2.75) is 18.9 Å². The summed E-state index contributed by atoms with van der Waals surface area (Å²) in [7, 11) is 0. The van der Waals surface area contributed by atoms with Crippen LogP contribution in [-0.4, -0.2) is 32.7 Å². The second kappa shape index (κ2) is 4.93. The van der Waals surface area contributed by atoms with Gasteiger partial charge < -0.3 is 15.0 Å². The molecule has 100 valence electrons. The molecule has 0 saturated carbocycles. The maximum Gasteiger partial charge on any atom is 0.220 e. The Morgan fingerprint density at radius 2 is 2.11 bits per heavy atom. The Labute approximate surface area is 109 Å². The number of rotatable bonds is 2. The number of hydrogen-bond donors (Lipinski definition) is 1. The Morgan fingerprint density at radius 1 is 1.32 bits per heavy atom. The molecule has 7 heteroatoms. The average molecular weight is 263 g/mol. The van der Waals surface area contributed by atoms with Crippen LogP contribution in [0.3, 0.4) is 0 Å². The molecule has 19 heavy (non-hydrogen) atoms. The summed E-state index contributed by atoms with van der Waals surface area (Å²) in [6.45, 7) is 1.41. The number of nitrogens with zero attached hydrogens (tertiary/aromatic N) is 4. The van der Waals surface area contributed by atoms with Crippen LogP contribution in [0.1, 0.15) is 18.9 Å². The molecule has 2 aromatic rings. The van der Waals surface area contributed by atoms with Gasteiger partial charge in [-0.2, -0.15) is 0 Å². The Hall–Kier alpha value is -2.02. The van der Waals surface area contributed by atoms with Crippen LogP contribution in [-0.2, 0) is 4.74 Å². The molecule has 6 nitrogen and oxygen atoms in total. The number of nitrogens with two attached hydrogens (primary N) is 1. The van der Waals surface area contributed by atoms with Gasteiger partial charge in [0.2, 0.25) is 5.95 Å².